The molecule has 1 rings (SSSR count). The van der Waals surface area contributed by atoms with E-state index in [2.05, 4.69) is 0 Å². The number of hydrogen-bond donors (Lipinski definition) is 1. The van der Waals surface area contributed by atoms with Gasteiger partial charge in [0.1, 0.15) is 11.6 Å². The molecule has 14 heavy (non-hydrogen) atoms. The Balaban J connectivity index is 2.82. The number of primary amides is 1. The second kappa shape index (κ2) is 4.09. The van der Waals surface area contributed by atoms with E-state index >= 15 is 0 Å². The molecule has 1 unspecified atom stereocenters. The molecule has 0 spiro atoms. The van der Waals surface area contributed by atoms with Crippen LogP contribution < -0.4 is 10.5 Å². The van der Waals surface area contributed by atoms with Gasteiger partial charge in [0.2, 0.25) is 0 Å². The average molecular weight is 197 g/mol. The molecule has 0 aliphatic carbocycles. The number of hydrogen-bond acceptors (Lipinski definition) is 2. The number of rotatable bonds is 3. The summed E-state index contributed by atoms with van der Waals surface area (Å²) in [7, 11) is 0. The lowest BCUT2D eigenvalue weighted by atomic mass is 10.2. The number of carbonyl (C=O) groups excluding carboxylic acids is 1. The molecule has 4 heteroatoms. The normalized spacial score (nSPS) is 12.2. The standard InChI is InChI=1S/C10H12FNO2/c1-6-5-8(11)3-4-9(6)14-7(2)10(12)13/h3-5,7H,1-2H3,(H2,12,13). The maximum absolute atomic E-state index is 12.7. The second-order valence-electron chi connectivity index (χ2n) is 3.07. The predicted molar refractivity (Wildman–Crippen MR) is 50.4 cm³/mol. The molecule has 0 fully saturated rings. The Labute approximate surface area is 81.7 Å². The summed E-state index contributed by atoms with van der Waals surface area (Å²) in [5.74, 6) is -0.409. The van der Waals surface area contributed by atoms with Crippen molar-refractivity contribution in [1.29, 1.82) is 0 Å². The number of benzene rings is 1. The quantitative estimate of drug-likeness (QED) is 0.796. The molecule has 0 aromatic heterocycles. The van der Waals surface area contributed by atoms with E-state index in [0.717, 1.165) is 0 Å². The minimum atomic E-state index is -0.709. The molecular weight excluding hydrogens is 185 g/mol. The minimum absolute atomic E-state index is 0.332. The highest BCUT2D eigenvalue weighted by Gasteiger charge is 2.11. The Morgan fingerprint density at radius 1 is 1.57 bits per heavy atom. The number of aryl methyl sites for hydroxylation is 1. The highest BCUT2D eigenvalue weighted by molar-refractivity contribution is 5.78. The Bertz CT molecular complexity index is 352. The van der Waals surface area contributed by atoms with Crippen molar-refractivity contribution in [2.24, 2.45) is 5.73 Å². The van der Waals surface area contributed by atoms with Gasteiger partial charge in [-0.1, -0.05) is 0 Å². The maximum atomic E-state index is 12.7. The third-order valence-corrected chi connectivity index (χ3v) is 1.84. The van der Waals surface area contributed by atoms with Gasteiger partial charge in [-0.05, 0) is 37.6 Å². The van der Waals surface area contributed by atoms with Crippen molar-refractivity contribution >= 4 is 5.91 Å². The highest BCUT2D eigenvalue weighted by Crippen LogP contribution is 2.19. The molecule has 0 bridgehead atoms. The minimum Gasteiger partial charge on any atom is -0.481 e. The van der Waals surface area contributed by atoms with Crippen molar-refractivity contribution in [2.75, 3.05) is 0 Å². The number of amides is 1. The van der Waals surface area contributed by atoms with Crippen LogP contribution in [0.25, 0.3) is 0 Å². The lowest BCUT2D eigenvalue weighted by Gasteiger charge is -2.12. The fourth-order valence-electron chi connectivity index (χ4n) is 0.994. The molecule has 0 saturated carbocycles. The van der Waals surface area contributed by atoms with Crippen LogP contribution in [0.2, 0.25) is 0 Å². The van der Waals surface area contributed by atoms with E-state index in [1.54, 1.807) is 13.8 Å². The van der Waals surface area contributed by atoms with E-state index < -0.39 is 12.0 Å². The van der Waals surface area contributed by atoms with E-state index in [-0.39, 0.29) is 5.82 Å². The van der Waals surface area contributed by atoms with Crippen molar-refractivity contribution in [3.05, 3.63) is 29.6 Å². The zero-order chi connectivity index (χ0) is 10.7. The molecular formula is C10H12FNO2. The van der Waals surface area contributed by atoms with Crippen molar-refractivity contribution in [2.45, 2.75) is 20.0 Å². The molecule has 76 valence electrons. The van der Waals surface area contributed by atoms with Crippen LogP contribution in [0.1, 0.15) is 12.5 Å². The lowest BCUT2D eigenvalue weighted by Crippen LogP contribution is -2.30. The van der Waals surface area contributed by atoms with Gasteiger partial charge in [0, 0.05) is 0 Å². The van der Waals surface area contributed by atoms with Crippen LogP contribution in [-0.2, 0) is 4.79 Å². The number of nitrogens with two attached hydrogens (primary N) is 1. The summed E-state index contributed by atoms with van der Waals surface area (Å²) in [5, 5.41) is 0. The topological polar surface area (TPSA) is 52.3 Å². The summed E-state index contributed by atoms with van der Waals surface area (Å²) < 4.78 is 17.9. The van der Waals surface area contributed by atoms with Crippen molar-refractivity contribution < 1.29 is 13.9 Å². The van der Waals surface area contributed by atoms with E-state index in [4.69, 9.17) is 10.5 Å². The predicted octanol–water partition coefficient (Wildman–Crippen LogP) is 1.39. The van der Waals surface area contributed by atoms with Gasteiger partial charge in [-0.3, -0.25) is 4.79 Å². The maximum Gasteiger partial charge on any atom is 0.258 e. The smallest absolute Gasteiger partial charge is 0.258 e. The van der Waals surface area contributed by atoms with Gasteiger partial charge in [-0.25, -0.2) is 4.39 Å². The second-order valence-corrected chi connectivity index (χ2v) is 3.07. The summed E-state index contributed by atoms with van der Waals surface area (Å²) in [4.78, 5) is 10.7. The van der Waals surface area contributed by atoms with Gasteiger partial charge >= 0.3 is 0 Å². The van der Waals surface area contributed by atoms with Gasteiger partial charge in [0.15, 0.2) is 6.10 Å². The Morgan fingerprint density at radius 3 is 2.71 bits per heavy atom. The number of halogens is 1. The van der Waals surface area contributed by atoms with Crippen molar-refractivity contribution in [3.63, 3.8) is 0 Å². The Hall–Kier alpha value is -1.58. The molecule has 0 radical (unpaired) electrons. The third kappa shape index (κ3) is 2.45. The zero-order valence-corrected chi connectivity index (χ0v) is 8.08. The molecule has 0 heterocycles. The summed E-state index contributed by atoms with van der Waals surface area (Å²) in [6.07, 6.45) is -0.709. The molecule has 2 N–H and O–H groups in total. The largest absolute Gasteiger partial charge is 0.481 e. The molecule has 1 aromatic carbocycles. The van der Waals surface area contributed by atoms with Gasteiger partial charge < -0.3 is 10.5 Å². The summed E-state index contributed by atoms with van der Waals surface area (Å²) in [5.41, 5.74) is 5.66. The van der Waals surface area contributed by atoms with Crippen molar-refractivity contribution in [1.82, 2.24) is 0 Å². The van der Waals surface area contributed by atoms with E-state index in [9.17, 15) is 9.18 Å². The molecule has 3 nitrogen and oxygen atoms in total. The van der Waals surface area contributed by atoms with Crippen LogP contribution in [0.15, 0.2) is 18.2 Å². The summed E-state index contributed by atoms with van der Waals surface area (Å²) >= 11 is 0. The van der Waals surface area contributed by atoms with E-state index in [1.165, 1.54) is 18.2 Å². The first-order valence-electron chi connectivity index (χ1n) is 4.23. The van der Waals surface area contributed by atoms with Gasteiger partial charge in [0.05, 0.1) is 0 Å². The van der Waals surface area contributed by atoms with Crippen LogP contribution in [0.5, 0.6) is 5.75 Å². The Kier molecular flexibility index (Phi) is 3.06. The summed E-state index contributed by atoms with van der Waals surface area (Å²) in [6, 6.07) is 4.09. The van der Waals surface area contributed by atoms with Crippen LogP contribution in [0.4, 0.5) is 4.39 Å². The van der Waals surface area contributed by atoms with E-state index in [0.29, 0.717) is 11.3 Å². The van der Waals surface area contributed by atoms with Crippen LogP contribution in [0, 0.1) is 12.7 Å². The molecule has 1 amide bonds. The fraction of sp³-hybridized carbons (Fsp3) is 0.300. The van der Waals surface area contributed by atoms with Crippen LogP contribution in [0.3, 0.4) is 0 Å². The first-order valence-corrected chi connectivity index (χ1v) is 4.23. The zero-order valence-electron chi connectivity index (χ0n) is 8.08. The average Bonchev–Trinajstić information content (AvgIpc) is 2.09. The SMILES string of the molecule is Cc1cc(F)ccc1OC(C)C(N)=O. The van der Waals surface area contributed by atoms with Gasteiger partial charge in [-0.2, -0.15) is 0 Å². The van der Waals surface area contributed by atoms with Crippen LogP contribution in [-0.4, -0.2) is 12.0 Å². The first-order chi connectivity index (χ1) is 6.50. The molecule has 0 aliphatic heterocycles. The van der Waals surface area contributed by atoms with E-state index in [1.807, 2.05) is 0 Å². The molecule has 0 saturated heterocycles. The summed E-state index contributed by atoms with van der Waals surface area (Å²) in [6.45, 7) is 3.25. The first kappa shape index (κ1) is 10.5. The van der Waals surface area contributed by atoms with Crippen LogP contribution >= 0.6 is 0 Å². The molecule has 1 atom stereocenters. The highest BCUT2D eigenvalue weighted by atomic mass is 19.1. The number of carbonyl (C=O) groups is 1. The lowest BCUT2D eigenvalue weighted by molar-refractivity contribution is -0.123. The molecule has 1 aromatic rings. The van der Waals surface area contributed by atoms with Gasteiger partial charge in [0.25, 0.3) is 5.91 Å². The van der Waals surface area contributed by atoms with Gasteiger partial charge in [-0.15, -0.1) is 0 Å². The van der Waals surface area contributed by atoms with Crippen molar-refractivity contribution in [3.8, 4) is 5.75 Å². The monoisotopic (exact) mass is 197 g/mol. The molecule has 0 aliphatic rings. The number of ether oxygens (including phenoxy) is 1. The fourth-order valence-corrected chi connectivity index (χ4v) is 0.994. The third-order valence-electron chi connectivity index (χ3n) is 1.84. The Morgan fingerprint density at radius 2 is 2.21 bits per heavy atom.